The quantitative estimate of drug-likeness (QED) is 0.728. The van der Waals surface area contributed by atoms with Crippen molar-refractivity contribution in [2.24, 2.45) is 5.73 Å². The van der Waals surface area contributed by atoms with Crippen molar-refractivity contribution in [1.82, 2.24) is 9.78 Å². The molecule has 0 radical (unpaired) electrons. The minimum Gasteiger partial charge on any atom is -0.478 e. The Morgan fingerprint density at radius 1 is 1.25 bits per heavy atom. The summed E-state index contributed by atoms with van der Waals surface area (Å²) < 4.78 is 27.8. The molecule has 9 heteroatoms. The van der Waals surface area contributed by atoms with E-state index in [4.69, 9.17) is 15.9 Å². The third-order valence-corrected chi connectivity index (χ3v) is 2.81. The van der Waals surface area contributed by atoms with Gasteiger partial charge in [0.05, 0.1) is 17.8 Å². The molecule has 1 atom stereocenters. The van der Waals surface area contributed by atoms with Crippen LogP contribution in [0.5, 0.6) is 0 Å². The number of nitrogens with zero attached hydrogens (tertiary/aromatic N) is 2. The number of carbonyl (C=O) groups is 2. The number of hydrogen-bond acceptors (Lipinski definition) is 4. The molecular formula is C15H17F2N3O4. The van der Waals surface area contributed by atoms with Crippen molar-refractivity contribution in [3.8, 4) is 0 Å². The Morgan fingerprint density at radius 3 is 2.21 bits per heavy atom. The Balaban J connectivity index is 0.000000307. The van der Waals surface area contributed by atoms with Gasteiger partial charge >= 0.3 is 11.9 Å². The second kappa shape index (κ2) is 8.16. The van der Waals surface area contributed by atoms with Crippen molar-refractivity contribution in [3.05, 3.63) is 41.6 Å². The molecule has 0 aliphatic carbocycles. The summed E-state index contributed by atoms with van der Waals surface area (Å²) in [6.45, 7) is 4.08. The maximum absolute atomic E-state index is 13.1. The molecule has 4 N–H and O–H groups in total. The van der Waals surface area contributed by atoms with Crippen molar-refractivity contribution >= 4 is 22.8 Å². The first-order valence-electron chi connectivity index (χ1n) is 6.83. The molecule has 0 amide bonds. The standard InChI is InChI=1S/C11H13F2N3.C4H4O4/c1-6(14)5-16-11-4-10(13)9(12)3-8(11)7(2)15-16;5-3(6)1-2-4(7)8/h3-4,6H,5,14H2,1-2H3;1-2H,(H,5,6)(H,7,8)/t6-;/m0./s1. The topological polar surface area (TPSA) is 118 Å². The molecular weight excluding hydrogens is 324 g/mol. The van der Waals surface area contributed by atoms with E-state index < -0.39 is 23.6 Å². The monoisotopic (exact) mass is 341 g/mol. The van der Waals surface area contributed by atoms with E-state index in [0.29, 0.717) is 35.3 Å². The normalized spacial score (nSPS) is 12.0. The highest BCUT2D eigenvalue weighted by Gasteiger charge is 2.12. The molecule has 0 aliphatic heterocycles. The molecule has 0 bridgehead atoms. The number of benzene rings is 1. The summed E-state index contributed by atoms with van der Waals surface area (Å²) >= 11 is 0. The van der Waals surface area contributed by atoms with E-state index in [9.17, 15) is 18.4 Å². The zero-order valence-corrected chi connectivity index (χ0v) is 13.0. The van der Waals surface area contributed by atoms with Crippen LogP contribution >= 0.6 is 0 Å². The smallest absolute Gasteiger partial charge is 0.328 e. The largest absolute Gasteiger partial charge is 0.478 e. The van der Waals surface area contributed by atoms with Crippen molar-refractivity contribution in [3.63, 3.8) is 0 Å². The Kier molecular flexibility index (Phi) is 6.54. The Morgan fingerprint density at radius 2 is 1.75 bits per heavy atom. The van der Waals surface area contributed by atoms with Crippen molar-refractivity contribution in [1.29, 1.82) is 0 Å². The van der Waals surface area contributed by atoms with Gasteiger partial charge in [-0.2, -0.15) is 5.10 Å². The number of nitrogens with two attached hydrogens (primary N) is 1. The van der Waals surface area contributed by atoms with Gasteiger partial charge in [0, 0.05) is 29.6 Å². The summed E-state index contributed by atoms with van der Waals surface area (Å²) in [5, 5.41) is 20.5. The molecule has 0 saturated heterocycles. The second-order valence-electron chi connectivity index (χ2n) is 5.04. The molecule has 130 valence electrons. The van der Waals surface area contributed by atoms with E-state index in [1.165, 1.54) is 6.07 Å². The fourth-order valence-electron chi connectivity index (χ4n) is 1.88. The van der Waals surface area contributed by atoms with Crippen molar-refractivity contribution < 1.29 is 28.6 Å². The lowest BCUT2D eigenvalue weighted by molar-refractivity contribution is -0.134. The van der Waals surface area contributed by atoms with Crippen LogP contribution < -0.4 is 5.73 Å². The van der Waals surface area contributed by atoms with E-state index in [2.05, 4.69) is 5.10 Å². The lowest BCUT2D eigenvalue weighted by Gasteiger charge is -2.06. The predicted octanol–water partition coefficient (Wildman–Crippen LogP) is 1.68. The number of carboxylic acid groups (broad SMARTS) is 2. The molecule has 24 heavy (non-hydrogen) atoms. The molecule has 1 aromatic carbocycles. The van der Waals surface area contributed by atoms with Gasteiger partial charge in [0.25, 0.3) is 0 Å². The van der Waals surface area contributed by atoms with Gasteiger partial charge in [0.1, 0.15) is 0 Å². The highest BCUT2D eigenvalue weighted by Crippen LogP contribution is 2.21. The number of carboxylic acids is 2. The second-order valence-corrected chi connectivity index (χ2v) is 5.04. The minimum atomic E-state index is -1.26. The summed E-state index contributed by atoms with van der Waals surface area (Å²) in [5.74, 6) is -4.23. The Labute approximate surface area is 136 Å². The molecule has 1 aromatic heterocycles. The zero-order valence-electron chi connectivity index (χ0n) is 13.0. The summed E-state index contributed by atoms with van der Waals surface area (Å²) in [4.78, 5) is 19.1. The fourth-order valence-corrected chi connectivity index (χ4v) is 1.88. The van der Waals surface area contributed by atoms with E-state index in [0.717, 1.165) is 6.07 Å². The van der Waals surface area contributed by atoms with Crippen LogP contribution in [0.1, 0.15) is 12.6 Å². The van der Waals surface area contributed by atoms with Gasteiger partial charge in [0.15, 0.2) is 11.6 Å². The molecule has 0 fully saturated rings. The first-order chi connectivity index (χ1) is 11.1. The first kappa shape index (κ1) is 19.2. The molecule has 1 heterocycles. The highest BCUT2D eigenvalue weighted by molar-refractivity contribution is 5.89. The van der Waals surface area contributed by atoms with Gasteiger partial charge in [-0.25, -0.2) is 18.4 Å². The third-order valence-electron chi connectivity index (χ3n) is 2.81. The van der Waals surface area contributed by atoms with Crippen LogP contribution in [0.2, 0.25) is 0 Å². The van der Waals surface area contributed by atoms with Crippen LogP contribution in [0.15, 0.2) is 24.3 Å². The highest BCUT2D eigenvalue weighted by atomic mass is 19.2. The van der Waals surface area contributed by atoms with Crippen molar-refractivity contribution in [2.45, 2.75) is 26.4 Å². The Bertz CT molecular complexity index is 769. The number of aryl methyl sites for hydroxylation is 1. The molecule has 0 aliphatic rings. The number of halogens is 2. The van der Waals surface area contributed by atoms with E-state index in [1.54, 1.807) is 11.6 Å². The summed E-state index contributed by atoms with van der Waals surface area (Å²) in [6.07, 6.45) is 1.12. The van der Waals surface area contributed by atoms with Crippen LogP contribution in [0, 0.1) is 18.6 Å². The van der Waals surface area contributed by atoms with E-state index >= 15 is 0 Å². The first-order valence-corrected chi connectivity index (χ1v) is 6.83. The molecule has 0 spiro atoms. The maximum Gasteiger partial charge on any atom is 0.328 e. The average Bonchev–Trinajstić information content (AvgIpc) is 2.73. The van der Waals surface area contributed by atoms with Crippen molar-refractivity contribution in [2.75, 3.05) is 0 Å². The molecule has 7 nitrogen and oxygen atoms in total. The molecule has 2 aromatic rings. The molecule has 0 saturated carbocycles. The van der Waals surface area contributed by atoms with Crippen LogP contribution in [0.25, 0.3) is 10.9 Å². The lowest BCUT2D eigenvalue weighted by atomic mass is 10.2. The summed E-state index contributed by atoms with van der Waals surface area (Å²) in [5.41, 5.74) is 6.92. The fraction of sp³-hybridized carbons (Fsp3) is 0.267. The number of rotatable bonds is 4. The zero-order chi connectivity index (χ0) is 18.4. The van der Waals surface area contributed by atoms with E-state index in [-0.39, 0.29) is 6.04 Å². The third kappa shape index (κ3) is 5.43. The minimum absolute atomic E-state index is 0.0874. The summed E-state index contributed by atoms with van der Waals surface area (Å²) in [6, 6.07) is 2.24. The van der Waals surface area contributed by atoms with Gasteiger partial charge in [-0.1, -0.05) is 0 Å². The number of fused-ring (bicyclic) bond motifs is 1. The van der Waals surface area contributed by atoms with Crippen LogP contribution in [-0.4, -0.2) is 38.0 Å². The maximum atomic E-state index is 13.1. The van der Waals surface area contributed by atoms with Crippen LogP contribution in [0.3, 0.4) is 0 Å². The van der Waals surface area contributed by atoms with Gasteiger partial charge < -0.3 is 15.9 Å². The number of aromatic nitrogens is 2. The van der Waals surface area contributed by atoms with E-state index in [1.807, 2.05) is 6.92 Å². The van der Waals surface area contributed by atoms with Gasteiger partial charge in [-0.05, 0) is 19.9 Å². The Hall–Kier alpha value is -2.81. The SMILES string of the molecule is Cc1nn(C[C@H](C)N)c2cc(F)c(F)cc12.O=C(O)C=CC(=O)O. The molecule has 2 rings (SSSR count). The summed E-state index contributed by atoms with van der Waals surface area (Å²) in [7, 11) is 0. The number of aliphatic carboxylic acids is 2. The lowest BCUT2D eigenvalue weighted by Crippen LogP contribution is -2.22. The van der Waals surface area contributed by atoms with Gasteiger partial charge in [-0.15, -0.1) is 0 Å². The van der Waals surface area contributed by atoms with Crippen LogP contribution in [0.4, 0.5) is 8.78 Å². The molecule has 0 unspecified atom stereocenters. The van der Waals surface area contributed by atoms with Gasteiger partial charge in [0.2, 0.25) is 0 Å². The van der Waals surface area contributed by atoms with Crippen LogP contribution in [-0.2, 0) is 16.1 Å². The average molecular weight is 341 g/mol. The predicted molar refractivity (Wildman–Crippen MR) is 82.4 cm³/mol. The number of hydrogen-bond donors (Lipinski definition) is 3. The van der Waals surface area contributed by atoms with Gasteiger partial charge in [-0.3, -0.25) is 4.68 Å².